The van der Waals surface area contributed by atoms with Gasteiger partial charge in [-0.1, -0.05) is 13.0 Å². The first-order chi connectivity index (χ1) is 15.8. The van der Waals surface area contributed by atoms with Crippen LogP contribution in [0.25, 0.3) is 0 Å². The molecule has 8 heteroatoms. The number of carbonyl (C=O) groups excluding carboxylic acids is 2. The fourth-order valence-electron chi connectivity index (χ4n) is 4.05. The van der Waals surface area contributed by atoms with Gasteiger partial charge in [-0.2, -0.15) is 0 Å². The van der Waals surface area contributed by atoms with Gasteiger partial charge < -0.3 is 19.7 Å². The van der Waals surface area contributed by atoms with Gasteiger partial charge >= 0.3 is 0 Å². The highest BCUT2D eigenvalue weighted by Crippen LogP contribution is 2.27. The topological polar surface area (TPSA) is 84.0 Å². The summed E-state index contributed by atoms with van der Waals surface area (Å²) in [5.41, 5.74) is 2.03. The monoisotopic (exact) mass is 454 g/mol. The average Bonchev–Trinajstić information content (AvgIpc) is 2.79. The van der Waals surface area contributed by atoms with E-state index < -0.39 is 0 Å². The van der Waals surface area contributed by atoms with Gasteiger partial charge in [0.1, 0.15) is 12.4 Å². The molecule has 3 rings (SSSR count). The number of benzene rings is 1. The molecule has 2 amide bonds. The number of likely N-dealkylation sites (N-methyl/N-ethyl adjacent to an activating group) is 1. The zero-order valence-electron chi connectivity index (χ0n) is 20.1. The third kappa shape index (κ3) is 6.52. The summed E-state index contributed by atoms with van der Waals surface area (Å²) >= 11 is 0. The zero-order valence-corrected chi connectivity index (χ0v) is 20.1. The van der Waals surface area contributed by atoms with Crippen LogP contribution in [0.4, 0.5) is 5.69 Å². The Morgan fingerprint density at radius 3 is 2.70 bits per heavy atom. The Kier molecular flexibility index (Phi) is 8.41. The van der Waals surface area contributed by atoms with Crippen LogP contribution in [0.3, 0.4) is 0 Å². The van der Waals surface area contributed by atoms with Crippen LogP contribution < -0.4 is 10.1 Å². The SMILES string of the molecule is CO[C@H]1CN(C)C(=O)c2ccc(NC(C)=O)cc2OC[C@H](C)N(Cc2ccccn2)C[C@H]1C. The number of amides is 2. The minimum Gasteiger partial charge on any atom is -0.491 e. The number of methoxy groups -OCH3 is 1. The highest BCUT2D eigenvalue weighted by molar-refractivity contribution is 5.98. The Bertz CT molecular complexity index is 953. The van der Waals surface area contributed by atoms with Crippen LogP contribution in [0.15, 0.2) is 42.6 Å². The molecule has 1 aliphatic heterocycles. The summed E-state index contributed by atoms with van der Waals surface area (Å²) in [5.74, 6) is 0.299. The molecule has 1 N–H and O–H groups in total. The van der Waals surface area contributed by atoms with Gasteiger partial charge in [0, 0.05) is 64.7 Å². The fourth-order valence-corrected chi connectivity index (χ4v) is 4.05. The van der Waals surface area contributed by atoms with Gasteiger partial charge in [0.25, 0.3) is 5.91 Å². The standard InChI is InChI=1S/C25H34N4O4/c1-17-13-29(14-21-8-6-7-11-26-21)18(2)16-33-23-12-20(27-19(3)30)9-10-22(23)25(31)28(4)15-24(17)32-5/h6-12,17-18,24H,13-16H2,1-5H3,(H,27,30)/t17-,18+,24+/m1/s1. The van der Waals surface area contributed by atoms with Crippen LogP contribution in [0.2, 0.25) is 0 Å². The maximum atomic E-state index is 13.2. The molecule has 0 radical (unpaired) electrons. The molecule has 0 aliphatic carbocycles. The lowest BCUT2D eigenvalue weighted by Gasteiger charge is -2.35. The van der Waals surface area contributed by atoms with Crippen LogP contribution >= 0.6 is 0 Å². The molecule has 8 nitrogen and oxygen atoms in total. The number of anilines is 1. The van der Waals surface area contributed by atoms with Crippen LogP contribution in [0.1, 0.15) is 36.8 Å². The van der Waals surface area contributed by atoms with E-state index in [2.05, 4.69) is 29.0 Å². The smallest absolute Gasteiger partial charge is 0.257 e. The van der Waals surface area contributed by atoms with Gasteiger partial charge in [0.15, 0.2) is 0 Å². The average molecular weight is 455 g/mol. The van der Waals surface area contributed by atoms with Crippen molar-refractivity contribution in [3.8, 4) is 5.75 Å². The lowest BCUT2D eigenvalue weighted by molar-refractivity contribution is -0.114. The molecule has 0 fully saturated rings. The van der Waals surface area contributed by atoms with Gasteiger partial charge in [0.2, 0.25) is 5.91 Å². The van der Waals surface area contributed by atoms with E-state index in [0.717, 1.165) is 12.2 Å². The minimum absolute atomic E-state index is 0.0523. The van der Waals surface area contributed by atoms with E-state index in [1.807, 2.05) is 18.2 Å². The Balaban J connectivity index is 1.94. The third-order valence-electron chi connectivity index (χ3n) is 5.99. The second-order valence-electron chi connectivity index (χ2n) is 8.74. The molecule has 178 valence electrons. The second-order valence-corrected chi connectivity index (χ2v) is 8.74. The quantitative estimate of drug-likeness (QED) is 0.765. The molecule has 2 heterocycles. The van der Waals surface area contributed by atoms with Crippen LogP contribution in [-0.2, 0) is 16.1 Å². The number of rotatable bonds is 4. The number of hydrogen-bond donors (Lipinski definition) is 1. The van der Waals surface area contributed by atoms with Crippen molar-refractivity contribution in [2.45, 2.75) is 39.5 Å². The van der Waals surface area contributed by atoms with Crippen LogP contribution in [0, 0.1) is 5.92 Å². The van der Waals surface area contributed by atoms with E-state index in [0.29, 0.717) is 36.7 Å². The predicted molar refractivity (Wildman–Crippen MR) is 127 cm³/mol. The van der Waals surface area contributed by atoms with Crippen LogP contribution in [0.5, 0.6) is 5.75 Å². The lowest BCUT2D eigenvalue weighted by Crippen LogP contribution is -2.46. The Labute approximate surface area is 195 Å². The number of aromatic nitrogens is 1. The highest BCUT2D eigenvalue weighted by atomic mass is 16.5. The van der Waals surface area contributed by atoms with E-state index in [-0.39, 0.29) is 29.9 Å². The van der Waals surface area contributed by atoms with Crippen molar-refractivity contribution in [1.82, 2.24) is 14.8 Å². The number of pyridine rings is 1. The van der Waals surface area contributed by atoms with Crippen molar-refractivity contribution in [1.29, 1.82) is 0 Å². The number of ether oxygens (including phenoxy) is 2. The molecule has 1 aliphatic rings. The lowest BCUT2D eigenvalue weighted by atomic mass is 10.0. The minimum atomic E-state index is -0.182. The Morgan fingerprint density at radius 2 is 2.03 bits per heavy atom. The Hall–Kier alpha value is -2.97. The maximum absolute atomic E-state index is 13.2. The molecule has 0 unspecified atom stereocenters. The van der Waals surface area contributed by atoms with Crippen molar-refractivity contribution in [2.24, 2.45) is 5.92 Å². The van der Waals surface area contributed by atoms with Gasteiger partial charge in [-0.15, -0.1) is 0 Å². The molecule has 2 aromatic rings. The number of fused-ring (bicyclic) bond motifs is 1. The summed E-state index contributed by atoms with van der Waals surface area (Å²) in [5, 5.41) is 2.76. The summed E-state index contributed by atoms with van der Waals surface area (Å²) in [4.78, 5) is 33.2. The predicted octanol–water partition coefficient (Wildman–Crippen LogP) is 3.05. The molecule has 0 saturated carbocycles. The first kappa shape index (κ1) is 24.7. The maximum Gasteiger partial charge on any atom is 0.257 e. The van der Waals surface area contributed by atoms with Crippen molar-refractivity contribution < 1.29 is 19.1 Å². The number of hydrogen-bond acceptors (Lipinski definition) is 6. The van der Waals surface area contributed by atoms with Crippen molar-refractivity contribution in [3.63, 3.8) is 0 Å². The zero-order chi connectivity index (χ0) is 24.0. The summed E-state index contributed by atoms with van der Waals surface area (Å²) in [6.07, 6.45) is 1.68. The van der Waals surface area contributed by atoms with Gasteiger partial charge in [-0.25, -0.2) is 0 Å². The summed E-state index contributed by atoms with van der Waals surface area (Å²) < 4.78 is 12.0. The van der Waals surface area contributed by atoms with E-state index in [1.54, 1.807) is 43.5 Å². The van der Waals surface area contributed by atoms with Crippen molar-refractivity contribution in [3.05, 3.63) is 53.9 Å². The van der Waals surface area contributed by atoms with Crippen molar-refractivity contribution in [2.75, 3.05) is 39.2 Å². The van der Waals surface area contributed by atoms with E-state index in [1.165, 1.54) is 6.92 Å². The largest absolute Gasteiger partial charge is 0.491 e. The summed E-state index contributed by atoms with van der Waals surface area (Å²) in [6, 6.07) is 11.1. The molecule has 0 bridgehead atoms. The van der Waals surface area contributed by atoms with Gasteiger partial charge in [-0.3, -0.25) is 19.5 Å². The third-order valence-corrected chi connectivity index (χ3v) is 5.99. The summed E-state index contributed by atoms with van der Waals surface area (Å²) in [6.45, 7) is 7.97. The van der Waals surface area contributed by atoms with Gasteiger partial charge in [-0.05, 0) is 37.1 Å². The van der Waals surface area contributed by atoms with Crippen LogP contribution in [-0.4, -0.2) is 72.6 Å². The molecule has 1 aromatic heterocycles. The normalized spacial score (nSPS) is 22.5. The second kappa shape index (κ2) is 11.2. The molecular formula is C25H34N4O4. The number of carbonyl (C=O) groups is 2. The highest BCUT2D eigenvalue weighted by Gasteiger charge is 2.28. The Morgan fingerprint density at radius 1 is 1.24 bits per heavy atom. The number of nitrogens with zero attached hydrogens (tertiary/aromatic N) is 3. The number of nitrogens with one attached hydrogen (secondary N) is 1. The van der Waals surface area contributed by atoms with Crippen molar-refractivity contribution >= 4 is 17.5 Å². The molecule has 0 saturated heterocycles. The van der Waals surface area contributed by atoms with Gasteiger partial charge in [0.05, 0.1) is 17.4 Å². The first-order valence-electron chi connectivity index (χ1n) is 11.2. The molecule has 3 atom stereocenters. The molecular weight excluding hydrogens is 420 g/mol. The first-order valence-corrected chi connectivity index (χ1v) is 11.2. The van der Waals surface area contributed by atoms with E-state index >= 15 is 0 Å². The summed E-state index contributed by atoms with van der Waals surface area (Å²) in [7, 11) is 3.46. The van der Waals surface area contributed by atoms with E-state index in [4.69, 9.17) is 9.47 Å². The molecule has 0 spiro atoms. The fraction of sp³-hybridized carbons (Fsp3) is 0.480. The molecule has 1 aromatic carbocycles. The molecule has 33 heavy (non-hydrogen) atoms. The van der Waals surface area contributed by atoms with E-state index in [9.17, 15) is 9.59 Å².